The van der Waals surface area contributed by atoms with Gasteiger partial charge in [-0.1, -0.05) is 35.9 Å². The number of carbonyl (C=O) groups is 1. The zero-order valence-electron chi connectivity index (χ0n) is 15.8. The minimum atomic E-state index is -0.246. The highest BCUT2D eigenvalue weighted by Crippen LogP contribution is 2.21. The molecule has 0 spiro atoms. The van der Waals surface area contributed by atoms with Crippen LogP contribution in [-0.4, -0.2) is 21.8 Å². The topological polar surface area (TPSA) is 45.2 Å². The van der Waals surface area contributed by atoms with Crippen LogP contribution >= 0.6 is 22.9 Å². The highest BCUT2D eigenvalue weighted by Gasteiger charge is 2.25. The molecule has 7 heteroatoms. The van der Waals surface area contributed by atoms with Crippen LogP contribution < -0.4 is 5.32 Å². The summed E-state index contributed by atoms with van der Waals surface area (Å²) >= 11 is 7.49. The summed E-state index contributed by atoms with van der Waals surface area (Å²) in [5, 5.41) is 6.36. The van der Waals surface area contributed by atoms with E-state index in [1.807, 2.05) is 29.6 Å². The minimum absolute atomic E-state index is 0.0993. The van der Waals surface area contributed by atoms with Gasteiger partial charge in [-0.25, -0.2) is 9.37 Å². The van der Waals surface area contributed by atoms with Gasteiger partial charge >= 0.3 is 0 Å². The number of hydrogen-bond donors (Lipinski definition) is 1. The quantitative estimate of drug-likeness (QED) is 0.546. The molecule has 0 aliphatic heterocycles. The maximum absolute atomic E-state index is 13.3. The van der Waals surface area contributed by atoms with Crippen LogP contribution in [0.3, 0.4) is 0 Å². The van der Waals surface area contributed by atoms with Crippen molar-refractivity contribution < 1.29 is 9.18 Å². The molecule has 1 aromatic heterocycles. The molecular formula is C22H21ClFN3OS. The molecule has 1 aliphatic carbocycles. The fourth-order valence-corrected chi connectivity index (χ4v) is 3.97. The van der Waals surface area contributed by atoms with Crippen LogP contribution in [0.25, 0.3) is 0 Å². The average molecular weight is 430 g/mol. The highest BCUT2D eigenvalue weighted by atomic mass is 35.5. The van der Waals surface area contributed by atoms with Crippen molar-refractivity contribution in [1.82, 2.24) is 15.2 Å². The van der Waals surface area contributed by atoms with Gasteiger partial charge < -0.3 is 5.32 Å². The fraction of sp³-hybridized carbons (Fsp3) is 0.273. The van der Waals surface area contributed by atoms with E-state index in [1.165, 1.54) is 23.5 Å². The second-order valence-electron chi connectivity index (χ2n) is 7.27. The first kappa shape index (κ1) is 20.0. The molecule has 29 heavy (non-hydrogen) atoms. The predicted octanol–water partition coefficient (Wildman–Crippen LogP) is 5.03. The normalized spacial score (nSPS) is 13.6. The Labute approximate surface area is 178 Å². The van der Waals surface area contributed by atoms with Crippen molar-refractivity contribution >= 4 is 28.8 Å². The van der Waals surface area contributed by atoms with Gasteiger partial charge in [0.25, 0.3) is 5.91 Å². The average Bonchev–Trinajstić information content (AvgIpc) is 3.40. The van der Waals surface area contributed by atoms with Gasteiger partial charge in [0.2, 0.25) is 0 Å². The third-order valence-electron chi connectivity index (χ3n) is 4.69. The Hall–Kier alpha value is -2.28. The molecule has 0 saturated heterocycles. The number of aromatic nitrogens is 1. The number of benzene rings is 2. The highest BCUT2D eigenvalue weighted by molar-refractivity contribution is 7.09. The zero-order chi connectivity index (χ0) is 20.2. The fourth-order valence-electron chi connectivity index (χ4n) is 3.03. The summed E-state index contributed by atoms with van der Waals surface area (Å²) in [6.45, 7) is 1.94. The molecule has 0 radical (unpaired) electrons. The van der Waals surface area contributed by atoms with E-state index in [2.05, 4.69) is 15.2 Å². The molecule has 3 aromatic rings. The van der Waals surface area contributed by atoms with Crippen molar-refractivity contribution in [3.05, 3.63) is 86.6 Å². The van der Waals surface area contributed by atoms with Crippen LogP contribution in [0.15, 0.2) is 53.9 Å². The number of amides is 1. The monoisotopic (exact) mass is 429 g/mol. The Bertz CT molecular complexity index is 923. The number of thiazole rings is 1. The van der Waals surface area contributed by atoms with Crippen molar-refractivity contribution in [1.29, 1.82) is 0 Å². The van der Waals surface area contributed by atoms with E-state index >= 15 is 0 Å². The molecule has 2 aromatic carbocycles. The predicted molar refractivity (Wildman–Crippen MR) is 113 cm³/mol. The molecule has 0 unspecified atom stereocenters. The van der Waals surface area contributed by atoms with Gasteiger partial charge in [-0.05, 0) is 48.2 Å². The Morgan fingerprint density at radius 1 is 1.07 bits per heavy atom. The first-order valence-corrected chi connectivity index (χ1v) is 10.8. The smallest absolute Gasteiger partial charge is 0.270 e. The van der Waals surface area contributed by atoms with Crippen LogP contribution in [-0.2, 0) is 19.6 Å². The number of rotatable bonds is 8. The van der Waals surface area contributed by atoms with Gasteiger partial charge in [-0.2, -0.15) is 0 Å². The number of nitrogens with zero attached hydrogens (tertiary/aromatic N) is 2. The number of nitrogens with one attached hydrogen (secondary N) is 1. The molecule has 1 fully saturated rings. The summed E-state index contributed by atoms with van der Waals surface area (Å²) in [7, 11) is 0. The van der Waals surface area contributed by atoms with Gasteiger partial charge in [0, 0.05) is 29.5 Å². The molecule has 150 valence electrons. The molecule has 1 amide bonds. The minimum Gasteiger partial charge on any atom is -0.348 e. The summed E-state index contributed by atoms with van der Waals surface area (Å²) in [6, 6.07) is 14.6. The first-order chi connectivity index (χ1) is 14.0. The van der Waals surface area contributed by atoms with Gasteiger partial charge in [0.05, 0.1) is 6.54 Å². The lowest BCUT2D eigenvalue weighted by molar-refractivity contribution is 0.0946. The molecule has 1 aliphatic rings. The van der Waals surface area contributed by atoms with Crippen molar-refractivity contribution in [2.24, 2.45) is 0 Å². The van der Waals surface area contributed by atoms with E-state index in [4.69, 9.17) is 11.6 Å². The Morgan fingerprint density at radius 3 is 2.31 bits per heavy atom. The van der Waals surface area contributed by atoms with Crippen LogP contribution in [0.2, 0.25) is 5.02 Å². The maximum atomic E-state index is 13.3. The zero-order valence-corrected chi connectivity index (χ0v) is 17.3. The molecule has 4 nitrogen and oxygen atoms in total. The summed E-state index contributed by atoms with van der Waals surface area (Å²) < 4.78 is 13.3. The Kier molecular flexibility index (Phi) is 6.23. The van der Waals surface area contributed by atoms with E-state index in [-0.39, 0.29) is 11.7 Å². The number of hydrogen-bond acceptors (Lipinski definition) is 4. The molecular weight excluding hydrogens is 409 g/mol. The summed E-state index contributed by atoms with van der Waals surface area (Å²) in [5.41, 5.74) is 2.62. The Balaban J connectivity index is 1.47. The second-order valence-corrected chi connectivity index (χ2v) is 8.65. The van der Waals surface area contributed by atoms with Crippen molar-refractivity contribution in [3.8, 4) is 0 Å². The lowest BCUT2D eigenvalue weighted by Crippen LogP contribution is -2.26. The molecule has 1 N–H and O–H groups in total. The third-order valence-corrected chi connectivity index (χ3v) is 5.78. The maximum Gasteiger partial charge on any atom is 0.270 e. The van der Waals surface area contributed by atoms with Gasteiger partial charge in [0.15, 0.2) is 0 Å². The van der Waals surface area contributed by atoms with E-state index in [0.717, 1.165) is 29.0 Å². The van der Waals surface area contributed by atoms with Crippen molar-refractivity contribution in [2.75, 3.05) is 0 Å². The molecule has 4 rings (SSSR count). The third kappa shape index (κ3) is 5.85. The molecule has 0 bridgehead atoms. The molecule has 1 heterocycles. The molecule has 1 saturated carbocycles. The van der Waals surface area contributed by atoms with Gasteiger partial charge in [0.1, 0.15) is 16.5 Å². The van der Waals surface area contributed by atoms with Gasteiger partial charge in [-0.15, -0.1) is 11.3 Å². The summed E-state index contributed by atoms with van der Waals surface area (Å²) in [5.74, 6) is -0.345. The van der Waals surface area contributed by atoms with E-state index < -0.39 is 0 Å². The largest absolute Gasteiger partial charge is 0.348 e. The second kappa shape index (κ2) is 9.03. The van der Waals surface area contributed by atoms with Crippen LogP contribution in [0, 0.1) is 5.82 Å². The van der Waals surface area contributed by atoms with Crippen LogP contribution in [0.1, 0.15) is 39.5 Å². The van der Waals surface area contributed by atoms with E-state index in [1.54, 1.807) is 12.1 Å². The van der Waals surface area contributed by atoms with Crippen molar-refractivity contribution in [2.45, 2.75) is 38.5 Å². The molecule has 0 atom stereocenters. The standard InChI is InChI=1S/C22H21ClFN3OS/c23-17-5-1-15(2-6-17)11-27(12-16-3-7-18(24)8-4-16)13-21-26-20(14-29-21)22(28)25-19-9-10-19/h1-8,14,19H,9-13H2,(H,25,28). The number of carbonyl (C=O) groups excluding carboxylic acids is 1. The SMILES string of the molecule is O=C(NC1CC1)c1csc(CN(Cc2ccc(F)cc2)Cc2ccc(Cl)cc2)n1. The lowest BCUT2D eigenvalue weighted by atomic mass is 10.1. The van der Waals surface area contributed by atoms with Crippen LogP contribution in [0.4, 0.5) is 4.39 Å². The van der Waals surface area contributed by atoms with Crippen molar-refractivity contribution in [3.63, 3.8) is 0 Å². The Morgan fingerprint density at radius 2 is 1.69 bits per heavy atom. The number of halogens is 2. The van der Waals surface area contributed by atoms with E-state index in [0.29, 0.717) is 36.4 Å². The van der Waals surface area contributed by atoms with E-state index in [9.17, 15) is 9.18 Å². The lowest BCUT2D eigenvalue weighted by Gasteiger charge is -2.21. The summed E-state index contributed by atoms with van der Waals surface area (Å²) in [4.78, 5) is 19.0. The van der Waals surface area contributed by atoms with Crippen LogP contribution in [0.5, 0.6) is 0 Å². The summed E-state index contributed by atoms with van der Waals surface area (Å²) in [6.07, 6.45) is 2.10. The van der Waals surface area contributed by atoms with Gasteiger partial charge in [-0.3, -0.25) is 9.69 Å². The first-order valence-electron chi connectivity index (χ1n) is 9.52.